The highest BCUT2D eigenvalue weighted by Gasteiger charge is 2.03. The molecule has 0 aromatic heterocycles. The van der Waals surface area contributed by atoms with E-state index in [2.05, 4.69) is 11.4 Å². The van der Waals surface area contributed by atoms with Gasteiger partial charge in [0.1, 0.15) is 0 Å². The molecule has 74 valence electrons. The van der Waals surface area contributed by atoms with Gasteiger partial charge >= 0.3 is 0 Å². The minimum Gasteiger partial charge on any atom is -0.383 e. The fraction of sp³-hybridized carbons (Fsp3) is 0.300. The van der Waals surface area contributed by atoms with Gasteiger partial charge in [0.15, 0.2) is 0 Å². The average Bonchev–Trinajstić information content (AvgIpc) is 2.16. The summed E-state index contributed by atoms with van der Waals surface area (Å²) in [5.41, 5.74) is 0.744. The van der Waals surface area contributed by atoms with Crippen molar-refractivity contribution in [3.63, 3.8) is 0 Å². The number of hydrogen-bond acceptors (Lipinski definition) is 2. The molecule has 0 unspecified atom stereocenters. The molecule has 0 spiro atoms. The molecule has 1 N–H and O–H groups in total. The molecule has 0 heterocycles. The molecule has 0 saturated carbocycles. The topological polar surface area (TPSA) is 35.8 Å². The first-order valence-corrected chi connectivity index (χ1v) is 5.06. The van der Waals surface area contributed by atoms with Crippen LogP contribution in [0.15, 0.2) is 18.2 Å². The van der Waals surface area contributed by atoms with Gasteiger partial charge in [0.05, 0.1) is 21.8 Å². The maximum absolute atomic E-state index is 8.34. The van der Waals surface area contributed by atoms with Crippen LogP contribution in [0, 0.1) is 11.3 Å². The summed E-state index contributed by atoms with van der Waals surface area (Å²) in [6.45, 7) is 0.705. The van der Waals surface area contributed by atoms with Crippen molar-refractivity contribution in [2.24, 2.45) is 0 Å². The van der Waals surface area contributed by atoms with Crippen molar-refractivity contribution in [1.29, 1.82) is 5.26 Å². The van der Waals surface area contributed by atoms with Crippen LogP contribution in [0.3, 0.4) is 0 Å². The zero-order chi connectivity index (χ0) is 10.4. The van der Waals surface area contributed by atoms with E-state index in [9.17, 15) is 0 Å². The van der Waals surface area contributed by atoms with Crippen LogP contribution < -0.4 is 5.32 Å². The highest BCUT2D eigenvalue weighted by atomic mass is 35.5. The lowest BCUT2D eigenvalue weighted by atomic mass is 10.3. The number of para-hydroxylation sites is 1. The van der Waals surface area contributed by atoms with E-state index < -0.39 is 0 Å². The molecule has 14 heavy (non-hydrogen) atoms. The molecule has 0 saturated heterocycles. The fourth-order valence-corrected chi connectivity index (χ4v) is 1.58. The lowest BCUT2D eigenvalue weighted by molar-refractivity contribution is 0.898. The second-order valence-corrected chi connectivity index (χ2v) is 3.60. The van der Waals surface area contributed by atoms with Crippen LogP contribution in [0.4, 0.5) is 5.69 Å². The summed E-state index contributed by atoms with van der Waals surface area (Å²) in [7, 11) is 0. The zero-order valence-electron chi connectivity index (χ0n) is 7.56. The predicted molar refractivity (Wildman–Crippen MR) is 59.8 cm³/mol. The largest absolute Gasteiger partial charge is 0.383 e. The van der Waals surface area contributed by atoms with Crippen molar-refractivity contribution in [2.75, 3.05) is 11.9 Å². The van der Waals surface area contributed by atoms with E-state index in [4.69, 9.17) is 28.5 Å². The summed E-state index contributed by atoms with van der Waals surface area (Å²) in [5.74, 6) is 0. The van der Waals surface area contributed by atoms with Crippen LogP contribution in [0.1, 0.15) is 12.8 Å². The first-order chi connectivity index (χ1) is 6.75. The second kappa shape index (κ2) is 5.74. The Kier molecular flexibility index (Phi) is 4.58. The van der Waals surface area contributed by atoms with Crippen molar-refractivity contribution in [3.8, 4) is 6.07 Å². The molecule has 0 radical (unpaired) electrons. The number of nitrogens with zero attached hydrogens (tertiary/aromatic N) is 1. The van der Waals surface area contributed by atoms with E-state index in [-0.39, 0.29) is 0 Å². The van der Waals surface area contributed by atoms with Crippen LogP contribution in [-0.2, 0) is 0 Å². The molecule has 0 atom stereocenters. The van der Waals surface area contributed by atoms with E-state index in [1.807, 2.05) is 0 Å². The lowest BCUT2D eigenvalue weighted by Gasteiger charge is -2.08. The zero-order valence-corrected chi connectivity index (χ0v) is 9.07. The third kappa shape index (κ3) is 3.10. The summed E-state index contributed by atoms with van der Waals surface area (Å²) in [6, 6.07) is 7.43. The Bertz CT molecular complexity index is 324. The van der Waals surface area contributed by atoms with Gasteiger partial charge < -0.3 is 5.32 Å². The van der Waals surface area contributed by atoms with Gasteiger partial charge in [-0.3, -0.25) is 0 Å². The van der Waals surface area contributed by atoms with Crippen molar-refractivity contribution in [3.05, 3.63) is 28.2 Å². The van der Waals surface area contributed by atoms with Crippen LogP contribution in [-0.4, -0.2) is 6.54 Å². The lowest BCUT2D eigenvalue weighted by Crippen LogP contribution is -2.01. The highest BCUT2D eigenvalue weighted by molar-refractivity contribution is 6.39. The number of hydrogen-bond donors (Lipinski definition) is 1. The Morgan fingerprint density at radius 2 is 1.93 bits per heavy atom. The third-order valence-corrected chi connectivity index (χ3v) is 2.36. The van der Waals surface area contributed by atoms with Gasteiger partial charge in [-0.2, -0.15) is 5.26 Å². The third-order valence-electron chi connectivity index (χ3n) is 1.73. The molecule has 4 heteroatoms. The molecule has 0 aliphatic carbocycles. The predicted octanol–water partition coefficient (Wildman–Crippen LogP) is 3.71. The van der Waals surface area contributed by atoms with E-state index in [1.165, 1.54) is 0 Å². The molecule has 2 nitrogen and oxygen atoms in total. The van der Waals surface area contributed by atoms with Crippen LogP contribution in [0.25, 0.3) is 0 Å². The maximum Gasteiger partial charge on any atom is 0.0718 e. The van der Waals surface area contributed by atoms with Gasteiger partial charge in [0.2, 0.25) is 0 Å². The van der Waals surface area contributed by atoms with E-state index >= 15 is 0 Å². The number of halogens is 2. The van der Waals surface area contributed by atoms with Crippen molar-refractivity contribution >= 4 is 28.9 Å². The average molecular weight is 229 g/mol. The van der Waals surface area contributed by atoms with Gasteiger partial charge in [-0.1, -0.05) is 29.3 Å². The molecule has 0 amide bonds. The Balaban J connectivity index is 2.54. The van der Waals surface area contributed by atoms with Gasteiger partial charge in [-0.25, -0.2) is 0 Å². The normalized spacial score (nSPS) is 9.50. The quantitative estimate of drug-likeness (QED) is 0.798. The number of anilines is 1. The number of benzene rings is 1. The Labute approximate surface area is 93.4 Å². The van der Waals surface area contributed by atoms with Gasteiger partial charge in [0, 0.05) is 13.0 Å². The molecule has 1 aromatic carbocycles. The van der Waals surface area contributed by atoms with Gasteiger partial charge in [0.25, 0.3) is 0 Å². The number of unbranched alkanes of at least 4 members (excludes halogenated alkanes) is 1. The van der Waals surface area contributed by atoms with E-state index in [1.54, 1.807) is 18.2 Å². The summed E-state index contributed by atoms with van der Waals surface area (Å²) >= 11 is 11.9. The number of rotatable bonds is 4. The van der Waals surface area contributed by atoms with Crippen molar-refractivity contribution in [2.45, 2.75) is 12.8 Å². The summed E-state index contributed by atoms with van der Waals surface area (Å²) in [5, 5.41) is 12.7. The maximum atomic E-state index is 8.34. The fourth-order valence-electron chi connectivity index (χ4n) is 1.05. The summed E-state index contributed by atoms with van der Waals surface area (Å²) in [6.07, 6.45) is 1.33. The van der Waals surface area contributed by atoms with Gasteiger partial charge in [-0.15, -0.1) is 0 Å². The Morgan fingerprint density at radius 3 is 2.50 bits per heavy atom. The van der Waals surface area contributed by atoms with E-state index in [0.717, 1.165) is 12.1 Å². The van der Waals surface area contributed by atoms with E-state index in [0.29, 0.717) is 23.0 Å². The molecule has 1 aromatic rings. The minimum absolute atomic E-state index is 0.537. The molecule has 0 fully saturated rings. The van der Waals surface area contributed by atoms with Crippen molar-refractivity contribution in [1.82, 2.24) is 0 Å². The molecule has 0 aliphatic rings. The number of nitriles is 1. The standard InChI is InChI=1S/C10H10Cl2N2/c11-8-4-3-5-9(12)10(8)14-7-2-1-6-13/h3-5,14H,1-2,7H2. The van der Waals surface area contributed by atoms with Crippen LogP contribution >= 0.6 is 23.2 Å². The molecule has 0 bridgehead atoms. The van der Waals surface area contributed by atoms with Gasteiger partial charge in [-0.05, 0) is 18.6 Å². The smallest absolute Gasteiger partial charge is 0.0718 e. The Morgan fingerprint density at radius 1 is 1.29 bits per heavy atom. The first kappa shape index (κ1) is 11.2. The highest BCUT2D eigenvalue weighted by Crippen LogP contribution is 2.29. The van der Waals surface area contributed by atoms with Crippen LogP contribution in [0.5, 0.6) is 0 Å². The molecular formula is C10H10Cl2N2. The molecule has 1 rings (SSSR count). The minimum atomic E-state index is 0.537. The monoisotopic (exact) mass is 228 g/mol. The second-order valence-electron chi connectivity index (χ2n) is 2.79. The first-order valence-electron chi connectivity index (χ1n) is 4.30. The number of nitrogens with one attached hydrogen (secondary N) is 1. The summed E-state index contributed by atoms with van der Waals surface area (Å²) < 4.78 is 0. The molecule has 0 aliphatic heterocycles. The van der Waals surface area contributed by atoms with Crippen molar-refractivity contribution < 1.29 is 0 Å². The SMILES string of the molecule is N#CCCCNc1c(Cl)cccc1Cl. The van der Waals surface area contributed by atoms with Crippen LogP contribution in [0.2, 0.25) is 10.0 Å². The molecular weight excluding hydrogens is 219 g/mol. The Hall–Kier alpha value is -0.910. The summed E-state index contributed by atoms with van der Waals surface area (Å²) in [4.78, 5) is 0.